The number of amides is 2. The zero-order chi connectivity index (χ0) is 16.1. The first-order valence-corrected chi connectivity index (χ1v) is 6.65. The number of carbonyl (C=O) groups excluding carboxylic acids is 1. The van der Waals surface area contributed by atoms with Crippen LogP contribution >= 0.6 is 0 Å². The Kier molecular flexibility index (Phi) is 4.93. The van der Waals surface area contributed by atoms with E-state index >= 15 is 0 Å². The average molecular weight is 306 g/mol. The quantitative estimate of drug-likeness (QED) is 0.845. The van der Waals surface area contributed by atoms with Gasteiger partial charge in [-0.2, -0.15) is 0 Å². The van der Waals surface area contributed by atoms with Crippen LogP contribution < -0.4 is 15.4 Å². The van der Waals surface area contributed by atoms with Crippen LogP contribution in [0.5, 0.6) is 5.75 Å². The topological polar surface area (TPSA) is 50.4 Å². The van der Waals surface area contributed by atoms with Crippen molar-refractivity contribution >= 4 is 11.7 Å². The second-order valence-corrected chi connectivity index (χ2v) is 4.79. The SMILES string of the molecule is Cc1ccc(OCNC(=O)Nc2ccc(F)cc2F)cc1C. The number of hydrogen-bond donors (Lipinski definition) is 2. The number of ether oxygens (including phenoxy) is 1. The summed E-state index contributed by atoms with van der Waals surface area (Å²) in [6, 6.07) is 7.82. The molecule has 6 heteroatoms. The molecule has 116 valence electrons. The number of hydrogen-bond acceptors (Lipinski definition) is 2. The monoisotopic (exact) mass is 306 g/mol. The van der Waals surface area contributed by atoms with Crippen LogP contribution in [-0.2, 0) is 0 Å². The van der Waals surface area contributed by atoms with E-state index in [0.717, 1.165) is 23.3 Å². The van der Waals surface area contributed by atoms with Gasteiger partial charge in [0.05, 0.1) is 5.69 Å². The van der Waals surface area contributed by atoms with Crippen LogP contribution in [0, 0.1) is 25.5 Å². The Morgan fingerprint density at radius 3 is 2.55 bits per heavy atom. The molecule has 2 aromatic rings. The van der Waals surface area contributed by atoms with Gasteiger partial charge in [0, 0.05) is 6.07 Å². The summed E-state index contributed by atoms with van der Waals surface area (Å²) in [5.74, 6) is -0.928. The van der Waals surface area contributed by atoms with Crippen molar-refractivity contribution in [1.82, 2.24) is 5.32 Å². The van der Waals surface area contributed by atoms with Crippen molar-refractivity contribution in [2.75, 3.05) is 12.0 Å². The molecule has 0 unspecified atom stereocenters. The van der Waals surface area contributed by atoms with Crippen molar-refractivity contribution in [1.29, 1.82) is 0 Å². The summed E-state index contributed by atoms with van der Waals surface area (Å²) in [5.41, 5.74) is 2.12. The molecule has 0 heterocycles. The fourth-order valence-corrected chi connectivity index (χ4v) is 1.75. The lowest BCUT2D eigenvalue weighted by Crippen LogP contribution is -2.32. The number of anilines is 1. The molecule has 2 aromatic carbocycles. The molecule has 0 spiro atoms. The molecule has 2 N–H and O–H groups in total. The lowest BCUT2D eigenvalue weighted by molar-refractivity contribution is 0.234. The molecule has 0 aliphatic rings. The van der Waals surface area contributed by atoms with Crippen LogP contribution in [0.15, 0.2) is 36.4 Å². The number of halogens is 2. The highest BCUT2D eigenvalue weighted by Crippen LogP contribution is 2.16. The molecule has 4 nitrogen and oxygen atoms in total. The van der Waals surface area contributed by atoms with Gasteiger partial charge >= 0.3 is 6.03 Å². The molecule has 22 heavy (non-hydrogen) atoms. The van der Waals surface area contributed by atoms with E-state index < -0.39 is 17.7 Å². The second kappa shape index (κ2) is 6.89. The molecule has 0 aliphatic heterocycles. The Morgan fingerprint density at radius 1 is 1.09 bits per heavy atom. The lowest BCUT2D eigenvalue weighted by Gasteiger charge is -2.11. The fraction of sp³-hybridized carbons (Fsp3) is 0.188. The van der Waals surface area contributed by atoms with Crippen LogP contribution in [-0.4, -0.2) is 12.8 Å². The highest BCUT2D eigenvalue weighted by Gasteiger charge is 2.07. The number of benzene rings is 2. The maximum atomic E-state index is 13.4. The van der Waals surface area contributed by atoms with E-state index in [2.05, 4.69) is 10.6 Å². The molecule has 0 aromatic heterocycles. The van der Waals surface area contributed by atoms with E-state index in [-0.39, 0.29) is 12.4 Å². The van der Waals surface area contributed by atoms with Crippen LogP contribution in [0.3, 0.4) is 0 Å². The highest BCUT2D eigenvalue weighted by molar-refractivity contribution is 5.89. The van der Waals surface area contributed by atoms with Crippen molar-refractivity contribution in [2.24, 2.45) is 0 Å². The number of nitrogens with one attached hydrogen (secondary N) is 2. The third-order valence-corrected chi connectivity index (χ3v) is 3.13. The van der Waals surface area contributed by atoms with E-state index in [1.54, 1.807) is 6.07 Å². The van der Waals surface area contributed by atoms with E-state index in [0.29, 0.717) is 11.8 Å². The Hall–Kier alpha value is -2.63. The second-order valence-electron chi connectivity index (χ2n) is 4.79. The van der Waals surface area contributed by atoms with Crippen molar-refractivity contribution in [3.05, 3.63) is 59.2 Å². The predicted octanol–water partition coefficient (Wildman–Crippen LogP) is 3.74. The molecule has 0 bridgehead atoms. The minimum Gasteiger partial charge on any atom is -0.473 e. The van der Waals surface area contributed by atoms with Crippen LogP contribution in [0.25, 0.3) is 0 Å². The summed E-state index contributed by atoms with van der Waals surface area (Å²) >= 11 is 0. The standard InChI is InChI=1S/C16H16F2N2O2/c1-10-3-5-13(7-11(10)2)22-9-19-16(21)20-15-6-4-12(17)8-14(15)18/h3-8H,9H2,1-2H3,(H2,19,20,21). The maximum Gasteiger partial charge on any atom is 0.321 e. The zero-order valence-corrected chi connectivity index (χ0v) is 12.2. The van der Waals surface area contributed by atoms with Gasteiger partial charge in [-0.15, -0.1) is 0 Å². The van der Waals surface area contributed by atoms with Gasteiger partial charge in [-0.05, 0) is 49.2 Å². The minimum atomic E-state index is -0.842. The summed E-state index contributed by atoms with van der Waals surface area (Å²) in [4.78, 5) is 11.6. The van der Waals surface area contributed by atoms with Crippen LogP contribution in [0.1, 0.15) is 11.1 Å². The number of urea groups is 1. The zero-order valence-electron chi connectivity index (χ0n) is 12.2. The number of carbonyl (C=O) groups is 1. The number of aryl methyl sites for hydroxylation is 2. The van der Waals surface area contributed by atoms with E-state index in [1.165, 1.54) is 0 Å². The molecule has 2 rings (SSSR count). The summed E-state index contributed by atoms with van der Waals surface area (Å²) in [6.07, 6.45) is 0. The molecule has 0 fully saturated rings. The van der Waals surface area contributed by atoms with Crippen molar-refractivity contribution < 1.29 is 18.3 Å². The normalized spacial score (nSPS) is 10.2. The van der Waals surface area contributed by atoms with Crippen molar-refractivity contribution in [3.8, 4) is 5.75 Å². The molecule has 2 amide bonds. The van der Waals surface area contributed by atoms with Gasteiger partial charge in [-0.1, -0.05) is 6.07 Å². The van der Waals surface area contributed by atoms with Gasteiger partial charge in [-0.25, -0.2) is 13.6 Å². The van der Waals surface area contributed by atoms with E-state index in [9.17, 15) is 13.6 Å². The van der Waals surface area contributed by atoms with E-state index in [4.69, 9.17) is 4.74 Å². The smallest absolute Gasteiger partial charge is 0.321 e. The molecule has 0 saturated carbocycles. The summed E-state index contributed by atoms with van der Waals surface area (Å²) in [7, 11) is 0. The van der Waals surface area contributed by atoms with Gasteiger partial charge in [-0.3, -0.25) is 0 Å². The van der Waals surface area contributed by atoms with Gasteiger partial charge in [0.1, 0.15) is 17.4 Å². The molecule has 0 saturated heterocycles. The number of rotatable bonds is 4. The van der Waals surface area contributed by atoms with Crippen molar-refractivity contribution in [2.45, 2.75) is 13.8 Å². The average Bonchev–Trinajstić information content (AvgIpc) is 2.46. The van der Waals surface area contributed by atoms with Gasteiger partial charge in [0.2, 0.25) is 0 Å². The van der Waals surface area contributed by atoms with E-state index in [1.807, 2.05) is 26.0 Å². The van der Waals surface area contributed by atoms with Crippen LogP contribution in [0.4, 0.5) is 19.3 Å². The Labute approximate surface area is 127 Å². The third-order valence-electron chi connectivity index (χ3n) is 3.13. The van der Waals surface area contributed by atoms with Crippen molar-refractivity contribution in [3.63, 3.8) is 0 Å². The Morgan fingerprint density at radius 2 is 1.86 bits per heavy atom. The first-order chi connectivity index (χ1) is 10.5. The van der Waals surface area contributed by atoms with Crippen LogP contribution in [0.2, 0.25) is 0 Å². The van der Waals surface area contributed by atoms with Gasteiger partial charge in [0.15, 0.2) is 6.73 Å². The highest BCUT2D eigenvalue weighted by atomic mass is 19.1. The minimum absolute atomic E-state index is 0.0723. The maximum absolute atomic E-state index is 13.4. The first-order valence-electron chi connectivity index (χ1n) is 6.65. The molecule has 0 radical (unpaired) electrons. The molecule has 0 atom stereocenters. The third kappa shape index (κ3) is 4.18. The molecule has 0 aliphatic carbocycles. The molecular formula is C16H16F2N2O2. The van der Waals surface area contributed by atoms with Gasteiger partial charge in [0.25, 0.3) is 0 Å². The largest absolute Gasteiger partial charge is 0.473 e. The first kappa shape index (κ1) is 15.8. The summed E-state index contributed by atoms with van der Waals surface area (Å²) < 4.78 is 31.5. The summed E-state index contributed by atoms with van der Waals surface area (Å²) in [5, 5.41) is 4.70. The summed E-state index contributed by atoms with van der Waals surface area (Å²) in [6.45, 7) is 3.87. The van der Waals surface area contributed by atoms with Gasteiger partial charge < -0.3 is 15.4 Å². The lowest BCUT2D eigenvalue weighted by atomic mass is 10.1. The molecular weight excluding hydrogens is 290 g/mol. The Bertz CT molecular complexity index is 690. The predicted molar refractivity (Wildman–Crippen MR) is 79.9 cm³/mol. The fourth-order valence-electron chi connectivity index (χ4n) is 1.75. The Balaban J connectivity index is 1.83.